The number of aryl methyl sites for hydroxylation is 3. The molecule has 0 radical (unpaired) electrons. The van der Waals surface area contributed by atoms with Crippen molar-refractivity contribution in [1.29, 1.82) is 0 Å². The Morgan fingerprint density at radius 1 is 0.667 bits per heavy atom. The van der Waals surface area contributed by atoms with Crippen LogP contribution in [0.5, 0.6) is 0 Å². The first-order valence-electron chi connectivity index (χ1n) is 19.3. The molecule has 0 fully saturated rings. The van der Waals surface area contributed by atoms with Gasteiger partial charge in [0.2, 0.25) is 0 Å². The van der Waals surface area contributed by atoms with Crippen molar-refractivity contribution < 1.29 is 9.53 Å². The molecule has 10 nitrogen and oxygen atoms in total. The fraction of sp³-hybridized carbons (Fsp3) is 0.234. The molecule has 0 saturated heterocycles. The van der Waals surface area contributed by atoms with Crippen molar-refractivity contribution in [3.8, 4) is 34.0 Å². The predicted molar refractivity (Wildman–Crippen MR) is 228 cm³/mol. The van der Waals surface area contributed by atoms with Gasteiger partial charge >= 0.3 is 6.09 Å². The quantitative estimate of drug-likeness (QED) is 0.152. The molecule has 5 heterocycles. The summed E-state index contributed by atoms with van der Waals surface area (Å²) < 4.78 is 9.19. The van der Waals surface area contributed by atoms with Crippen molar-refractivity contribution in [2.75, 3.05) is 7.05 Å². The zero-order chi connectivity index (χ0) is 40.1. The third-order valence-electron chi connectivity index (χ3n) is 9.33. The number of carbonyl (C=O) groups is 1. The van der Waals surface area contributed by atoms with Crippen molar-refractivity contribution in [1.82, 2.24) is 39.4 Å². The lowest BCUT2D eigenvalue weighted by Gasteiger charge is -2.24. The number of rotatable bonds is 8. The van der Waals surface area contributed by atoms with Crippen molar-refractivity contribution >= 4 is 27.9 Å². The van der Waals surface area contributed by atoms with Crippen LogP contribution in [0.4, 0.5) is 4.79 Å². The second kappa shape index (κ2) is 16.6. The van der Waals surface area contributed by atoms with Gasteiger partial charge < -0.3 is 9.64 Å². The van der Waals surface area contributed by atoms with Gasteiger partial charge in [0, 0.05) is 34.8 Å². The largest absolute Gasteiger partial charge is 0.444 e. The van der Waals surface area contributed by atoms with Crippen LogP contribution < -0.4 is 0 Å². The molecule has 288 valence electrons. The third-order valence-corrected chi connectivity index (χ3v) is 9.33. The number of hydrogen-bond donors (Lipinski definition) is 0. The van der Waals surface area contributed by atoms with Gasteiger partial charge in [-0.1, -0.05) is 80.1 Å². The molecule has 10 heteroatoms. The molecule has 0 N–H and O–H groups in total. The molecule has 0 aliphatic heterocycles. The maximum Gasteiger partial charge on any atom is 0.410 e. The number of ether oxygens (including phenoxy) is 1. The van der Waals surface area contributed by atoms with E-state index in [0.717, 1.165) is 74.6 Å². The molecule has 5 aromatic heterocycles. The lowest BCUT2D eigenvalue weighted by Crippen LogP contribution is -2.34. The molecule has 0 bridgehead atoms. The van der Waals surface area contributed by atoms with Crippen molar-refractivity contribution in [2.45, 2.75) is 66.5 Å². The Hall–Kier alpha value is -6.68. The highest BCUT2D eigenvalue weighted by atomic mass is 16.6. The molecular weight excluding hydrogens is 709 g/mol. The summed E-state index contributed by atoms with van der Waals surface area (Å²) in [4.78, 5) is 27.8. The summed E-state index contributed by atoms with van der Waals surface area (Å²) in [5, 5.41) is 11.2. The van der Waals surface area contributed by atoms with E-state index in [-0.39, 0.29) is 6.09 Å². The van der Waals surface area contributed by atoms with Crippen LogP contribution >= 0.6 is 0 Å². The lowest BCUT2D eigenvalue weighted by molar-refractivity contribution is 0.0283. The van der Waals surface area contributed by atoms with Gasteiger partial charge in [-0.3, -0.25) is 4.98 Å². The van der Waals surface area contributed by atoms with E-state index in [2.05, 4.69) is 75.6 Å². The number of nitrogens with zero attached hydrogens (tertiary/aromatic N) is 8. The summed E-state index contributed by atoms with van der Waals surface area (Å²) in [7, 11) is 1.71. The Balaban J connectivity index is 0.000000179. The van der Waals surface area contributed by atoms with E-state index in [9.17, 15) is 4.79 Å². The highest BCUT2D eigenvalue weighted by Crippen LogP contribution is 2.28. The molecule has 3 aromatic carbocycles. The number of fused-ring (bicyclic) bond motifs is 2. The minimum atomic E-state index is -0.537. The van der Waals surface area contributed by atoms with E-state index in [1.807, 2.05) is 123 Å². The van der Waals surface area contributed by atoms with Gasteiger partial charge in [0.05, 0.1) is 41.4 Å². The van der Waals surface area contributed by atoms with E-state index >= 15 is 0 Å². The van der Waals surface area contributed by atoms with Crippen molar-refractivity contribution in [3.05, 3.63) is 150 Å². The third kappa shape index (κ3) is 9.24. The summed E-state index contributed by atoms with van der Waals surface area (Å²) in [6.45, 7) is 12.1. The van der Waals surface area contributed by atoms with Crippen LogP contribution in [0.25, 0.3) is 55.8 Å². The number of carbonyl (C=O) groups excluding carboxylic acids is 1. The van der Waals surface area contributed by atoms with Gasteiger partial charge in [-0.25, -0.2) is 24.1 Å². The van der Waals surface area contributed by atoms with Crippen LogP contribution in [-0.4, -0.2) is 58.2 Å². The molecule has 8 aromatic rings. The molecule has 0 aliphatic rings. The molecule has 0 atom stereocenters. The van der Waals surface area contributed by atoms with Gasteiger partial charge in [-0.05, 0) is 106 Å². The van der Waals surface area contributed by atoms with Crippen LogP contribution in [0.2, 0.25) is 0 Å². The Bertz CT molecular complexity index is 2670. The molecule has 0 saturated carbocycles. The summed E-state index contributed by atoms with van der Waals surface area (Å²) in [6.07, 6.45) is 5.63. The fourth-order valence-electron chi connectivity index (χ4n) is 6.60. The van der Waals surface area contributed by atoms with E-state index in [0.29, 0.717) is 6.54 Å². The molecule has 0 aliphatic carbocycles. The van der Waals surface area contributed by atoms with Crippen molar-refractivity contribution in [3.63, 3.8) is 0 Å². The molecule has 0 unspecified atom stereocenters. The number of pyridine rings is 3. The monoisotopic (exact) mass is 756 g/mol. The normalized spacial score (nSPS) is 11.4. The Labute approximate surface area is 333 Å². The number of benzene rings is 3. The summed E-state index contributed by atoms with van der Waals surface area (Å²) in [6, 6.07) is 39.1. The standard InChI is InChI=1S/C25H27N5O2.C22H21N3/c1-17-8-6-11-23(27-17)30-22-14-18(12-13-19(22)15-26-30)21-10-7-9-20(28-21)16-29(5)24(31)32-25(2,3)4;1-3-6-17-8-5-9-18(13-17)19-11-12-20-15-23-25(21(20)14-19)22-10-4-7-16(2)24-22/h6-15H,16H2,1-5H3;4-5,7-15H,3,6H2,1-2H3. The zero-order valence-corrected chi connectivity index (χ0v) is 33.6. The smallest absolute Gasteiger partial charge is 0.410 e. The second-order valence-corrected chi connectivity index (χ2v) is 15.2. The SMILES string of the molecule is CCCc1cccc(-c2ccc3cnn(-c4cccc(C)n4)c3c2)c1.Cc1cccc(-n2ncc3ccc(-c4cccc(CN(C)C(=O)OC(C)(C)C)n4)cc32)n1. The van der Waals surface area contributed by atoms with E-state index in [1.54, 1.807) is 7.05 Å². The molecular formula is C47H48N8O2. The van der Waals surface area contributed by atoms with Crippen molar-refractivity contribution in [2.24, 2.45) is 0 Å². The van der Waals surface area contributed by atoms with E-state index in [1.165, 1.54) is 21.6 Å². The van der Waals surface area contributed by atoms with Gasteiger partial charge in [-0.15, -0.1) is 0 Å². The maximum atomic E-state index is 12.3. The maximum absolute atomic E-state index is 12.3. The van der Waals surface area contributed by atoms with E-state index < -0.39 is 5.60 Å². The fourth-order valence-corrected chi connectivity index (χ4v) is 6.60. The Morgan fingerprint density at radius 2 is 1.23 bits per heavy atom. The number of hydrogen-bond acceptors (Lipinski definition) is 7. The lowest BCUT2D eigenvalue weighted by atomic mass is 10.0. The average molecular weight is 757 g/mol. The number of aromatic nitrogens is 7. The van der Waals surface area contributed by atoms with Crippen LogP contribution in [0.15, 0.2) is 128 Å². The van der Waals surface area contributed by atoms with Crippen LogP contribution in [0.1, 0.15) is 56.8 Å². The Morgan fingerprint density at radius 3 is 1.82 bits per heavy atom. The van der Waals surface area contributed by atoms with Gasteiger partial charge in [-0.2, -0.15) is 10.2 Å². The first kappa shape index (κ1) is 38.6. The summed E-state index contributed by atoms with van der Waals surface area (Å²) >= 11 is 0. The zero-order valence-electron chi connectivity index (χ0n) is 33.6. The van der Waals surface area contributed by atoms with Crippen LogP contribution in [0, 0.1) is 13.8 Å². The van der Waals surface area contributed by atoms with Gasteiger partial charge in [0.1, 0.15) is 5.60 Å². The van der Waals surface area contributed by atoms with Gasteiger partial charge in [0.15, 0.2) is 11.6 Å². The van der Waals surface area contributed by atoms with Gasteiger partial charge in [0.25, 0.3) is 0 Å². The van der Waals surface area contributed by atoms with Crippen LogP contribution in [0.3, 0.4) is 0 Å². The molecule has 1 amide bonds. The highest BCUT2D eigenvalue weighted by Gasteiger charge is 2.20. The minimum Gasteiger partial charge on any atom is -0.444 e. The second-order valence-electron chi connectivity index (χ2n) is 15.2. The molecule has 0 spiro atoms. The minimum absolute atomic E-state index is 0.357. The predicted octanol–water partition coefficient (Wildman–Crippen LogP) is 10.5. The average Bonchev–Trinajstić information content (AvgIpc) is 3.82. The summed E-state index contributed by atoms with van der Waals surface area (Å²) in [5.74, 6) is 1.63. The first-order valence-corrected chi connectivity index (χ1v) is 19.3. The number of amides is 1. The molecule has 57 heavy (non-hydrogen) atoms. The Kier molecular flexibility index (Phi) is 11.2. The summed E-state index contributed by atoms with van der Waals surface area (Å²) in [5.41, 5.74) is 9.84. The van der Waals surface area contributed by atoms with Crippen LogP contribution in [-0.2, 0) is 17.7 Å². The first-order chi connectivity index (χ1) is 27.4. The van der Waals surface area contributed by atoms with E-state index in [4.69, 9.17) is 9.72 Å². The topological polar surface area (TPSA) is 104 Å². The highest BCUT2D eigenvalue weighted by molar-refractivity contribution is 5.86. The molecule has 8 rings (SSSR count).